The number of hydrogen-bond donors (Lipinski definition) is 1. The van der Waals surface area contributed by atoms with Crippen LogP contribution in [-0.2, 0) is 13.6 Å². The monoisotopic (exact) mass is 275 g/mol. The molecular formula is C12H19Cl2N3. The largest absolute Gasteiger partial charge is 0.309 e. The smallest absolute Gasteiger partial charge is 0.131 e. The summed E-state index contributed by atoms with van der Waals surface area (Å²) in [5, 5.41) is 8.62. The second kappa shape index (κ2) is 5.59. The molecule has 1 N–H and O–H groups in total. The molecule has 0 saturated heterocycles. The van der Waals surface area contributed by atoms with Crippen LogP contribution in [0.5, 0.6) is 0 Å². The lowest BCUT2D eigenvalue weighted by molar-refractivity contribution is 0.429. The molecule has 2 rings (SSSR count). The molecule has 1 aliphatic rings. The first-order valence-electron chi connectivity index (χ1n) is 6.10. The molecule has 1 aliphatic carbocycles. The first-order valence-corrected chi connectivity index (χ1v) is 7.02. The summed E-state index contributed by atoms with van der Waals surface area (Å²) in [4.78, 5) is 0. The Hall–Kier alpha value is -0.250. The van der Waals surface area contributed by atoms with Crippen LogP contribution in [0.1, 0.15) is 30.5 Å². The Bertz CT molecular complexity index is 389. The van der Waals surface area contributed by atoms with Crippen molar-refractivity contribution in [3.63, 3.8) is 0 Å². The maximum atomic E-state index is 6.20. The minimum Gasteiger partial charge on any atom is -0.309 e. The standard InChI is InChI=1S/C12H19Cl2N3/c1-8-10(12(14)17(2)16-8)7-15-11-5-3-4-9(11)6-13/h9,11,15H,3-7H2,1-2H3. The van der Waals surface area contributed by atoms with Crippen LogP contribution in [0.4, 0.5) is 0 Å². The van der Waals surface area contributed by atoms with Crippen molar-refractivity contribution in [1.82, 2.24) is 15.1 Å². The van der Waals surface area contributed by atoms with Crippen LogP contribution < -0.4 is 5.32 Å². The maximum absolute atomic E-state index is 6.20. The lowest BCUT2D eigenvalue weighted by Crippen LogP contribution is -2.32. The molecule has 96 valence electrons. The van der Waals surface area contributed by atoms with Crippen LogP contribution in [0.15, 0.2) is 0 Å². The second-order valence-electron chi connectivity index (χ2n) is 4.81. The van der Waals surface area contributed by atoms with E-state index < -0.39 is 0 Å². The van der Waals surface area contributed by atoms with Crippen LogP contribution in [0.25, 0.3) is 0 Å². The molecule has 0 amide bonds. The highest BCUT2D eigenvalue weighted by Gasteiger charge is 2.26. The van der Waals surface area contributed by atoms with Gasteiger partial charge in [0.05, 0.1) is 5.69 Å². The van der Waals surface area contributed by atoms with Gasteiger partial charge >= 0.3 is 0 Å². The summed E-state index contributed by atoms with van der Waals surface area (Å²) in [5.41, 5.74) is 2.11. The second-order valence-corrected chi connectivity index (χ2v) is 5.48. The number of aryl methyl sites for hydroxylation is 2. The van der Waals surface area contributed by atoms with E-state index in [9.17, 15) is 0 Å². The lowest BCUT2D eigenvalue weighted by Gasteiger charge is -2.18. The molecule has 17 heavy (non-hydrogen) atoms. The summed E-state index contributed by atoms with van der Waals surface area (Å²) in [7, 11) is 1.87. The van der Waals surface area contributed by atoms with Gasteiger partial charge in [0, 0.05) is 31.1 Å². The van der Waals surface area contributed by atoms with E-state index in [4.69, 9.17) is 23.2 Å². The van der Waals surface area contributed by atoms with Crippen LogP contribution in [0.2, 0.25) is 5.15 Å². The van der Waals surface area contributed by atoms with Gasteiger partial charge < -0.3 is 5.32 Å². The number of nitrogens with zero attached hydrogens (tertiary/aromatic N) is 2. The predicted molar refractivity (Wildman–Crippen MR) is 71.6 cm³/mol. The van der Waals surface area contributed by atoms with Gasteiger partial charge in [-0.15, -0.1) is 11.6 Å². The zero-order valence-corrected chi connectivity index (χ0v) is 11.9. The Balaban J connectivity index is 1.97. The quantitative estimate of drug-likeness (QED) is 0.857. The van der Waals surface area contributed by atoms with Crippen molar-refractivity contribution in [2.45, 2.75) is 38.8 Å². The molecule has 1 fully saturated rings. The molecule has 0 spiro atoms. The molecule has 0 aliphatic heterocycles. The van der Waals surface area contributed by atoms with E-state index in [0.29, 0.717) is 12.0 Å². The highest BCUT2D eigenvalue weighted by atomic mass is 35.5. The van der Waals surface area contributed by atoms with E-state index in [1.165, 1.54) is 19.3 Å². The maximum Gasteiger partial charge on any atom is 0.131 e. The number of aromatic nitrogens is 2. The number of halogens is 2. The van der Waals surface area contributed by atoms with Crippen molar-refractivity contribution < 1.29 is 0 Å². The molecule has 2 unspecified atom stereocenters. The fourth-order valence-electron chi connectivity index (χ4n) is 2.60. The highest BCUT2D eigenvalue weighted by molar-refractivity contribution is 6.30. The van der Waals surface area contributed by atoms with Gasteiger partial charge in [-0.2, -0.15) is 5.10 Å². The molecule has 1 heterocycles. The van der Waals surface area contributed by atoms with Gasteiger partial charge in [-0.3, -0.25) is 4.68 Å². The van der Waals surface area contributed by atoms with E-state index in [-0.39, 0.29) is 0 Å². The SMILES string of the molecule is Cc1nn(C)c(Cl)c1CNC1CCCC1CCl. The van der Waals surface area contributed by atoms with Crippen molar-refractivity contribution in [3.8, 4) is 0 Å². The van der Waals surface area contributed by atoms with E-state index in [1.54, 1.807) is 4.68 Å². The molecule has 3 nitrogen and oxygen atoms in total. The molecule has 0 bridgehead atoms. The van der Waals surface area contributed by atoms with Crippen LogP contribution in [0, 0.1) is 12.8 Å². The number of alkyl halides is 1. The third-order valence-corrected chi connectivity index (χ3v) is 4.54. The Morgan fingerprint density at radius 1 is 1.47 bits per heavy atom. The normalized spacial score (nSPS) is 24.5. The van der Waals surface area contributed by atoms with Gasteiger partial charge in [-0.05, 0) is 25.7 Å². The minimum absolute atomic E-state index is 0.531. The molecule has 1 saturated carbocycles. The first kappa shape index (κ1) is 13.2. The summed E-state index contributed by atoms with van der Waals surface area (Å²) in [6.07, 6.45) is 3.73. The van der Waals surface area contributed by atoms with Crippen molar-refractivity contribution in [2.75, 3.05) is 5.88 Å². The van der Waals surface area contributed by atoms with Gasteiger partial charge in [0.1, 0.15) is 5.15 Å². The fraction of sp³-hybridized carbons (Fsp3) is 0.750. The summed E-state index contributed by atoms with van der Waals surface area (Å²) in [6, 6.07) is 0.531. The third kappa shape index (κ3) is 2.78. The van der Waals surface area contributed by atoms with Crippen molar-refractivity contribution >= 4 is 23.2 Å². The molecule has 0 aromatic carbocycles. The highest BCUT2D eigenvalue weighted by Crippen LogP contribution is 2.27. The fourth-order valence-corrected chi connectivity index (χ4v) is 3.21. The Kier molecular flexibility index (Phi) is 4.34. The average Bonchev–Trinajstić information content (AvgIpc) is 2.84. The van der Waals surface area contributed by atoms with Gasteiger partial charge in [0.2, 0.25) is 0 Å². The lowest BCUT2D eigenvalue weighted by atomic mass is 10.1. The van der Waals surface area contributed by atoms with Crippen LogP contribution in [-0.4, -0.2) is 21.7 Å². The molecule has 2 atom stereocenters. The minimum atomic E-state index is 0.531. The van der Waals surface area contributed by atoms with Gasteiger partial charge in [0.15, 0.2) is 0 Å². The number of nitrogens with one attached hydrogen (secondary N) is 1. The van der Waals surface area contributed by atoms with Crippen LogP contribution in [0.3, 0.4) is 0 Å². The van der Waals surface area contributed by atoms with Crippen LogP contribution >= 0.6 is 23.2 Å². The zero-order chi connectivity index (χ0) is 12.4. The first-order chi connectivity index (χ1) is 8.13. The summed E-state index contributed by atoms with van der Waals surface area (Å²) < 4.78 is 1.72. The molecule has 1 aromatic heterocycles. The molecule has 1 aromatic rings. The van der Waals surface area contributed by atoms with E-state index in [1.807, 2.05) is 14.0 Å². The van der Waals surface area contributed by atoms with Crippen molar-refractivity contribution in [1.29, 1.82) is 0 Å². The van der Waals surface area contributed by atoms with E-state index in [0.717, 1.165) is 28.8 Å². The summed E-state index contributed by atoms with van der Waals surface area (Å²) in [5.74, 6) is 1.35. The average molecular weight is 276 g/mol. The Labute approximate surface area is 112 Å². The Morgan fingerprint density at radius 2 is 2.24 bits per heavy atom. The third-order valence-electron chi connectivity index (χ3n) is 3.67. The Morgan fingerprint density at radius 3 is 2.82 bits per heavy atom. The van der Waals surface area contributed by atoms with Gasteiger partial charge in [-0.1, -0.05) is 18.0 Å². The predicted octanol–water partition coefficient (Wildman–Crippen LogP) is 2.88. The van der Waals surface area contributed by atoms with E-state index >= 15 is 0 Å². The van der Waals surface area contributed by atoms with Gasteiger partial charge in [-0.25, -0.2) is 0 Å². The molecular weight excluding hydrogens is 257 g/mol. The van der Waals surface area contributed by atoms with Gasteiger partial charge in [0.25, 0.3) is 0 Å². The zero-order valence-electron chi connectivity index (χ0n) is 10.3. The topological polar surface area (TPSA) is 29.9 Å². The number of hydrogen-bond acceptors (Lipinski definition) is 2. The van der Waals surface area contributed by atoms with E-state index in [2.05, 4.69) is 10.4 Å². The molecule has 5 heteroatoms. The van der Waals surface area contributed by atoms with Crippen molar-refractivity contribution in [2.24, 2.45) is 13.0 Å². The summed E-state index contributed by atoms with van der Waals surface area (Å²) in [6.45, 7) is 2.78. The number of rotatable bonds is 4. The molecule has 0 radical (unpaired) electrons. The van der Waals surface area contributed by atoms with Crippen molar-refractivity contribution in [3.05, 3.63) is 16.4 Å². The summed E-state index contributed by atoms with van der Waals surface area (Å²) >= 11 is 12.2.